The fourth-order valence-electron chi connectivity index (χ4n) is 2.55. The van der Waals surface area contributed by atoms with Crippen molar-refractivity contribution >= 4 is 29.3 Å². The molecule has 4 heteroatoms. The van der Waals surface area contributed by atoms with Gasteiger partial charge in [0.1, 0.15) is 0 Å². The normalized spacial score (nSPS) is 18.0. The monoisotopic (exact) mass is 317 g/mol. The molecular weight excluding hydrogens is 302 g/mol. The fourth-order valence-corrected chi connectivity index (χ4v) is 4.03. The average Bonchev–Trinajstić information content (AvgIpc) is 2.97. The Morgan fingerprint density at radius 2 is 1.90 bits per heavy atom. The summed E-state index contributed by atoms with van der Waals surface area (Å²) in [6.45, 7) is 0. The molecule has 1 aliphatic heterocycles. The van der Waals surface area contributed by atoms with Crippen LogP contribution in [0.1, 0.15) is 23.1 Å². The van der Waals surface area contributed by atoms with Crippen molar-refractivity contribution in [2.24, 2.45) is 0 Å². The molecule has 1 heterocycles. The van der Waals surface area contributed by atoms with E-state index in [1.807, 2.05) is 48.5 Å². The molecule has 1 aliphatic rings. The van der Waals surface area contributed by atoms with E-state index in [2.05, 4.69) is 11.4 Å². The van der Waals surface area contributed by atoms with Gasteiger partial charge in [-0.1, -0.05) is 48.5 Å². The lowest BCUT2D eigenvalue weighted by Crippen LogP contribution is -2.34. The van der Waals surface area contributed by atoms with Gasteiger partial charge in [0.2, 0.25) is 5.91 Å². The van der Waals surface area contributed by atoms with Gasteiger partial charge in [0.05, 0.1) is 12.0 Å². The zero-order valence-electron chi connectivity index (χ0n) is 11.5. The van der Waals surface area contributed by atoms with Crippen LogP contribution >= 0.6 is 23.4 Å². The molecule has 2 aromatic carbocycles. The molecule has 0 aromatic heterocycles. The maximum absolute atomic E-state index is 12.6. The van der Waals surface area contributed by atoms with E-state index in [0.29, 0.717) is 5.88 Å². The van der Waals surface area contributed by atoms with E-state index in [4.69, 9.17) is 11.6 Å². The summed E-state index contributed by atoms with van der Waals surface area (Å²) < 4.78 is 0. The van der Waals surface area contributed by atoms with Crippen molar-refractivity contribution in [1.82, 2.24) is 5.32 Å². The molecule has 108 valence electrons. The van der Waals surface area contributed by atoms with Crippen LogP contribution < -0.4 is 5.32 Å². The maximum Gasteiger partial charge on any atom is 0.228 e. The van der Waals surface area contributed by atoms with Crippen LogP contribution in [0.4, 0.5) is 0 Å². The van der Waals surface area contributed by atoms with Crippen molar-refractivity contribution in [2.45, 2.75) is 16.9 Å². The summed E-state index contributed by atoms with van der Waals surface area (Å²) in [5, 5.41) is 3.08. The molecule has 0 aliphatic carbocycles. The Morgan fingerprint density at radius 3 is 2.67 bits per heavy atom. The molecule has 3 rings (SSSR count). The number of amides is 1. The number of hydrogen-bond donors (Lipinski definition) is 1. The summed E-state index contributed by atoms with van der Waals surface area (Å²) in [5.41, 5.74) is 2.17. The van der Waals surface area contributed by atoms with Crippen LogP contribution in [-0.2, 0) is 4.79 Å². The zero-order chi connectivity index (χ0) is 14.7. The number of rotatable bonds is 4. The first kappa shape index (κ1) is 14.5. The molecule has 2 nitrogen and oxygen atoms in total. The van der Waals surface area contributed by atoms with Gasteiger partial charge in [-0.05, 0) is 17.2 Å². The number of alkyl halides is 1. The Balaban J connectivity index is 1.75. The van der Waals surface area contributed by atoms with Crippen molar-refractivity contribution in [1.29, 1.82) is 0 Å². The molecule has 2 unspecified atom stereocenters. The number of benzene rings is 2. The lowest BCUT2D eigenvalue weighted by atomic mass is 9.99. The molecule has 0 saturated carbocycles. The highest BCUT2D eigenvalue weighted by Crippen LogP contribution is 2.39. The molecule has 0 radical (unpaired) electrons. The Kier molecular flexibility index (Phi) is 4.51. The van der Waals surface area contributed by atoms with E-state index in [1.54, 1.807) is 11.8 Å². The van der Waals surface area contributed by atoms with Crippen LogP contribution in [0.25, 0.3) is 0 Å². The van der Waals surface area contributed by atoms with Gasteiger partial charge in [-0.15, -0.1) is 23.4 Å². The molecule has 0 saturated heterocycles. The number of halogens is 1. The van der Waals surface area contributed by atoms with Gasteiger partial charge in [-0.2, -0.15) is 0 Å². The van der Waals surface area contributed by atoms with E-state index in [-0.39, 0.29) is 17.9 Å². The smallest absolute Gasteiger partial charge is 0.228 e. The Morgan fingerprint density at radius 1 is 1.19 bits per heavy atom. The van der Waals surface area contributed by atoms with Gasteiger partial charge >= 0.3 is 0 Å². The second kappa shape index (κ2) is 6.54. The summed E-state index contributed by atoms with van der Waals surface area (Å²) in [4.78, 5) is 13.8. The SMILES string of the molecule is O=C(NC(CCl)c1ccccc1)C1CSc2ccccc21. The number of nitrogens with one attached hydrogen (secondary N) is 1. The fraction of sp³-hybridized carbons (Fsp3) is 0.235. The van der Waals surface area contributed by atoms with E-state index in [0.717, 1.165) is 16.9 Å². The first-order valence-corrected chi connectivity index (χ1v) is 8.44. The minimum absolute atomic E-state index is 0.0574. The van der Waals surface area contributed by atoms with Crippen molar-refractivity contribution < 1.29 is 4.79 Å². The highest BCUT2D eigenvalue weighted by molar-refractivity contribution is 7.99. The first-order valence-electron chi connectivity index (χ1n) is 6.92. The number of carbonyl (C=O) groups is 1. The van der Waals surface area contributed by atoms with Gasteiger partial charge in [0.25, 0.3) is 0 Å². The number of carbonyl (C=O) groups excluding carboxylic acids is 1. The van der Waals surface area contributed by atoms with Crippen LogP contribution in [0, 0.1) is 0 Å². The minimum Gasteiger partial charge on any atom is -0.348 e. The van der Waals surface area contributed by atoms with Crippen molar-refractivity contribution in [3.05, 3.63) is 65.7 Å². The average molecular weight is 318 g/mol. The predicted octanol–water partition coefficient (Wildman–Crippen LogP) is 3.97. The van der Waals surface area contributed by atoms with E-state index in [9.17, 15) is 4.79 Å². The van der Waals surface area contributed by atoms with Crippen molar-refractivity contribution in [2.75, 3.05) is 11.6 Å². The van der Waals surface area contributed by atoms with Gasteiger partial charge < -0.3 is 5.32 Å². The topological polar surface area (TPSA) is 29.1 Å². The van der Waals surface area contributed by atoms with Crippen LogP contribution in [0.15, 0.2) is 59.5 Å². The van der Waals surface area contributed by atoms with Crippen LogP contribution in [-0.4, -0.2) is 17.5 Å². The summed E-state index contributed by atoms with van der Waals surface area (Å²) in [6.07, 6.45) is 0. The van der Waals surface area contributed by atoms with Gasteiger partial charge in [0, 0.05) is 16.5 Å². The lowest BCUT2D eigenvalue weighted by molar-refractivity contribution is -0.122. The van der Waals surface area contributed by atoms with E-state index < -0.39 is 0 Å². The Hall–Kier alpha value is -1.45. The number of hydrogen-bond acceptors (Lipinski definition) is 2. The highest BCUT2D eigenvalue weighted by atomic mass is 35.5. The second-order valence-corrected chi connectivity index (χ2v) is 6.40. The van der Waals surface area contributed by atoms with Crippen molar-refractivity contribution in [3.8, 4) is 0 Å². The largest absolute Gasteiger partial charge is 0.348 e. The van der Waals surface area contributed by atoms with Gasteiger partial charge in [-0.25, -0.2) is 0 Å². The third-order valence-corrected chi connectivity index (χ3v) is 5.18. The van der Waals surface area contributed by atoms with Crippen LogP contribution in [0.5, 0.6) is 0 Å². The highest BCUT2D eigenvalue weighted by Gasteiger charge is 2.30. The van der Waals surface area contributed by atoms with Gasteiger partial charge in [0.15, 0.2) is 0 Å². The van der Waals surface area contributed by atoms with Crippen molar-refractivity contribution in [3.63, 3.8) is 0 Å². The minimum atomic E-state index is -0.141. The third-order valence-electron chi connectivity index (χ3n) is 3.69. The standard InChI is InChI=1S/C17H16ClNOS/c18-10-15(12-6-2-1-3-7-12)19-17(20)14-11-21-16-9-5-4-8-13(14)16/h1-9,14-15H,10-11H2,(H,19,20). The molecular formula is C17H16ClNOS. The predicted molar refractivity (Wildman–Crippen MR) is 88.0 cm³/mol. The summed E-state index contributed by atoms with van der Waals surface area (Å²) in [6, 6.07) is 17.8. The first-order chi connectivity index (χ1) is 10.3. The third kappa shape index (κ3) is 3.09. The zero-order valence-corrected chi connectivity index (χ0v) is 13.0. The molecule has 0 bridgehead atoms. The molecule has 1 amide bonds. The summed E-state index contributed by atoms with van der Waals surface area (Å²) in [7, 11) is 0. The second-order valence-electron chi connectivity index (χ2n) is 5.03. The molecule has 1 N–H and O–H groups in total. The Bertz CT molecular complexity index is 632. The lowest BCUT2D eigenvalue weighted by Gasteiger charge is -2.19. The Labute approximate surface area is 133 Å². The van der Waals surface area contributed by atoms with Gasteiger partial charge in [-0.3, -0.25) is 4.79 Å². The number of fused-ring (bicyclic) bond motifs is 1. The molecule has 0 fully saturated rings. The maximum atomic E-state index is 12.6. The van der Waals surface area contributed by atoms with E-state index in [1.165, 1.54) is 4.90 Å². The van der Waals surface area contributed by atoms with E-state index >= 15 is 0 Å². The molecule has 2 aromatic rings. The molecule has 21 heavy (non-hydrogen) atoms. The summed E-state index contributed by atoms with van der Waals surface area (Å²) in [5.74, 6) is 1.15. The van der Waals surface area contributed by atoms with Crippen LogP contribution in [0.2, 0.25) is 0 Å². The number of thioether (sulfide) groups is 1. The molecule has 0 spiro atoms. The molecule has 2 atom stereocenters. The summed E-state index contributed by atoms with van der Waals surface area (Å²) >= 11 is 7.77. The van der Waals surface area contributed by atoms with Crippen LogP contribution in [0.3, 0.4) is 0 Å². The quantitative estimate of drug-likeness (QED) is 0.864.